The van der Waals surface area contributed by atoms with E-state index < -0.39 is 5.60 Å². The molecular weight excluding hydrogens is 348 g/mol. The number of H-pyrrole nitrogens is 1. The maximum atomic E-state index is 12.4. The Morgan fingerprint density at radius 3 is 2.91 bits per heavy atom. The molecule has 0 spiro atoms. The lowest BCUT2D eigenvalue weighted by Crippen LogP contribution is -2.36. The number of nitrogens with zero attached hydrogens (tertiary/aromatic N) is 3. The molecule has 0 saturated carbocycles. The molecule has 1 saturated heterocycles. The standard InChI is InChI=1S/C15H19BrN4O2/c1-15(2,3)22-14(21)20-8-4-5-10(20)13-17-9-6-7-11(16)18-12(9)19-13/h6-7,10H,4-5,8H2,1-3H3,(H,17,18,19)/t10-/m0/s1. The number of rotatable bonds is 1. The molecule has 1 atom stereocenters. The molecule has 2 aromatic heterocycles. The van der Waals surface area contributed by atoms with E-state index in [0.29, 0.717) is 12.2 Å². The highest BCUT2D eigenvalue weighted by Gasteiger charge is 2.35. The molecule has 0 aromatic carbocycles. The third-order valence-electron chi connectivity index (χ3n) is 3.53. The van der Waals surface area contributed by atoms with Gasteiger partial charge < -0.3 is 9.72 Å². The Balaban J connectivity index is 1.86. The van der Waals surface area contributed by atoms with E-state index in [1.54, 1.807) is 4.90 Å². The molecule has 3 heterocycles. The highest BCUT2D eigenvalue weighted by molar-refractivity contribution is 9.10. The smallest absolute Gasteiger partial charge is 0.410 e. The fraction of sp³-hybridized carbons (Fsp3) is 0.533. The Morgan fingerprint density at radius 1 is 1.41 bits per heavy atom. The molecule has 0 unspecified atom stereocenters. The normalized spacial score (nSPS) is 18.9. The van der Waals surface area contributed by atoms with Crippen molar-refractivity contribution in [2.24, 2.45) is 0 Å². The van der Waals surface area contributed by atoms with Crippen LogP contribution in [0.15, 0.2) is 16.7 Å². The van der Waals surface area contributed by atoms with E-state index in [1.165, 1.54) is 0 Å². The maximum Gasteiger partial charge on any atom is 0.410 e. The van der Waals surface area contributed by atoms with Crippen LogP contribution in [-0.2, 0) is 4.74 Å². The summed E-state index contributed by atoms with van der Waals surface area (Å²) in [6, 6.07) is 3.71. The number of aromatic amines is 1. The summed E-state index contributed by atoms with van der Waals surface area (Å²) in [5.74, 6) is 0.768. The zero-order valence-electron chi connectivity index (χ0n) is 12.9. The van der Waals surface area contributed by atoms with E-state index in [1.807, 2.05) is 32.9 Å². The average Bonchev–Trinajstić information content (AvgIpc) is 3.01. The molecule has 22 heavy (non-hydrogen) atoms. The van der Waals surface area contributed by atoms with Crippen LogP contribution in [0, 0.1) is 0 Å². The van der Waals surface area contributed by atoms with Crippen LogP contribution in [0.1, 0.15) is 45.5 Å². The number of ether oxygens (including phenoxy) is 1. The lowest BCUT2D eigenvalue weighted by molar-refractivity contribution is 0.0219. The van der Waals surface area contributed by atoms with E-state index in [2.05, 4.69) is 30.9 Å². The van der Waals surface area contributed by atoms with Crippen LogP contribution >= 0.6 is 15.9 Å². The summed E-state index contributed by atoms with van der Waals surface area (Å²) in [6.07, 6.45) is 1.53. The number of hydrogen-bond acceptors (Lipinski definition) is 4. The molecule has 2 aromatic rings. The molecule has 1 N–H and O–H groups in total. The van der Waals surface area contributed by atoms with Gasteiger partial charge in [0.1, 0.15) is 16.0 Å². The fourth-order valence-corrected chi connectivity index (χ4v) is 2.94. The number of pyridine rings is 1. The summed E-state index contributed by atoms with van der Waals surface area (Å²) in [5.41, 5.74) is 1.03. The van der Waals surface area contributed by atoms with Crippen LogP contribution in [0.4, 0.5) is 4.79 Å². The van der Waals surface area contributed by atoms with Gasteiger partial charge in [-0.1, -0.05) is 0 Å². The lowest BCUT2D eigenvalue weighted by Gasteiger charge is -2.27. The van der Waals surface area contributed by atoms with Crippen molar-refractivity contribution in [3.8, 4) is 0 Å². The summed E-state index contributed by atoms with van der Waals surface area (Å²) in [6.45, 7) is 6.31. The summed E-state index contributed by atoms with van der Waals surface area (Å²) < 4.78 is 6.23. The van der Waals surface area contributed by atoms with Gasteiger partial charge in [0.25, 0.3) is 0 Å². The third kappa shape index (κ3) is 3.09. The number of hydrogen-bond donors (Lipinski definition) is 1. The van der Waals surface area contributed by atoms with Crippen molar-refractivity contribution >= 4 is 33.2 Å². The minimum Gasteiger partial charge on any atom is -0.444 e. The zero-order chi connectivity index (χ0) is 15.9. The number of fused-ring (bicyclic) bond motifs is 1. The molecule has 118 valence electrons. The Labute approximate surface area is 137 Å². The van der Waals surface area contributed by atoms with Crippen LogP contribution in [0.3, 0.4) is 0 Å². The van der Waals surface area contributed by atoms with Gasteiger partial charge in [0.05, 0.1) is 11.6 Å². The number of amides is 1. The van der Waals surface area contributed by atoms with Crippen molar-refractivity contribution in [3.63, 3.8) is 0 Å². The second kappa shape index (κ2) is 5.53. The molecule has 1 aliphatic rings. The Kier molecular flexibility index (Phi) is 3.84. The van der Waals surface area contributed by atoms with Crippen LogP contribution < -0.4 is 0 Å². The fourth-order valence-electron chi connectivity index (χ4n) is 2.64. The Hall–Kier alpha value is -1.63. The van der Waals surface area contributed by atoms with Gasteiger partial charge in [-0.05, 0) is 61.7 Å². The topological polar surface area (TPSA) is 71.1 Å². The first-order valence-corrected chi connectivity index (χ1v) is 8.14. The number of imidazole rings is 1. The number of aromatic nitrogens is 3. The van der Waals surface area contributed by atoms with Crippen LogP contribution in [-0.4, -0.2) is 38.1 Å². The molecule has 3 rings (SSSR count). The third-order valence-corrected chi connectivity index (χ3v) is 3.97. The first-order valence-electron chi connectivity index (χ1n) is 7.35. The maximum absolute atomic E-state index is 12.4. The molecule has 1 amide bonds. The second-order valence-corrected chi connectivity index (χ2v) is 7.27. The number of carbonyl (C=O) groups is 1. The lowest BCUT2D eigenvalue weighted by atomic mass is 10.2. The Morgan fingerprint density at radius 2 is 2.18 bits per heavy atom. The molecule has 1 fully saturated rings. The number of halogens is 1. The average molecular weight is 367 g/mol. The van der Waals surface area contributed by atoms with Gasteiger partial charge in [0, 0.05) is 6.54 Å². The Bertz CT molecular complexity index is 707. The van der Waals surface area contributed by atoms with Gasteiger partial charge >= 0.3 is 6.09 Å². The van der Waals surface area contributed by atoms with E-state index in [4.69, 9.17) is 4.74 Å². The van der Waals surface area contributed by atoms with Crippen molar-refractivity contribution in [2.45, 2.75) is 45.3 Å². The highest BCUT2D eigenvalue weighted by atomic mass is 79.9. The highest BCUT2D eigenvalue weighted by Crippen LogP contribution is 2.32. The van der Waals surface area contributed by atoms with Crippen molar-refractivity contribution in [1.82, 2.24) is 19.9 Å². The van der Waals surface area contributed by atoms with Crippen molar-refractivity contribution in [3.05, 3.63) is 22.6 Å². The summed E-state index contributed by atoms with van der Waals surface area (Å²) in [7, 11) is 0. The molecule has 7 heteroatoms. The predicted octanol–water partition coefficient (Wildman–Crippen LogP) is 3.79. The molecular formula is C15H19BrN4O2. The van der Waals surface area contributed by atoms with Gasteiger partial charge in [0.15, 0.2) is 5.65 Å². The van der Waals surface area contributed by atoms with Gasteiger partial charge in [-0.15, -0.1) is 0 Å². The van der Waals surface area contributed by atoms with Crippen molar-refractivity contribution in [2.75, 3.05) is 6.54 Å². The van der Waals surface area contributed by atoms with E-state index >= 15 is 0 Å². The van der Waals surface area contributed by atoms with Crippen LogP contribution in [0.5, 0.6) is 0 Å². The first kappa shape index (κ1) is 15.3. The van der Waals surface area contributed by atoms with Crippen molar-refractivity contribution < 1.29 is 9.53 Å². The molecule has 0 bridgehead atoms. The van der Waals surface area contributed by atoms with Gasteiger partial charge in [-0.2, -0.15) is 0 Å². The van der Waals surface area contributed by atoms with Gasteiger partial charge in [0.2, 0.25) is 0 Å². The molecule has 0 aliphatic carbocycles. The SMILES string of the molecule is CC(C)(C)OC(=O)N1CCC[C@H]1c1nc2nc(Br)ccc2[nH]1. The largest absolute Gasteiger partial charge is 0.444 e. The minimum atomic E-state index is -0.496. The number of carbonyl (C=O) groups excluding carboxylic acids is 1. The molecule has 6 nitrogen and oxygen atoms in total. The summed E-state index contributed by atoms with van der Waals surface area (Å²) in [4.78, 5) is 26.2. The second-order valence-electron chi connectivity index (χ2n) is 6.46. The molecule has 1 aliphatic heterocycles. The minimum absolute atomic E-state index is 0.0807. The van der Waals surface area contributed by atoms with E-state index in [9.17, 15) is 4.79 Å². The van der Waals surface area contributed by atoms with Crippen LogP contribution in [0.25, 0.3) is 11.2 Å². The number of likely N-dealkylation sites (tertiary alicyclic amines) is 1. The predicted molar refractivity (Wildman–Crippen MR) is 86.5 cm³/mol. The first-order chi connectivity index (χ1) is 10.3. The van der Waals surface area contributed by atoms with Crippen LogP contribution in [0.2, 0.25) is 0 Å². The summed E-state index contributed by atoms with van der Waals surface area (Å²) >= 11 is 3.34. The van der Waals surface area contributed by atoms with Gasteiger partial charge in [-0.3, -0.25) is 4.90 Å². The van der Waals surface area contributed by atoms with Crippen molar-refractivity contribution in [1.29, 1.82) is 0 Å². The monoisotopic (exact) mass is 366 g/mol. The number of nitrogens with one attached hydrogen (secondary N) is 1. The van der Waals surface area contributed by atoms with E-state index in [0.717, 1.165) is 28.8 Å². The quantitative estimate of drug-likeness (QED) is 0.779. The van der Waals surface area contributed by atoms with E-state index in [-0.39, 0.29) is 12.1 Å². The molecule has 0 radical (unpaired) electrons. The zero-order valence-corrected chi connectivity index (χ0v) is 14.5. The van der Waals surface area contributed by atoms with Gasteiger partial charge in [-0.25, -0.2) is 14.8 Å². The summed E-state index contributed by atoms with van der Waals surface area (Å²) in [5, 5.41) is 0.